The van der Waals surface area contributed by atoms with Crippen LogP contribution in [0.3, 0.4) is 0 Å². The maximum absolute atomic E-state index is 3.66. The molecule has 1 saturated carbocycles. The van der Waals surface area contributed by atoms with Crippen LogP contribution in [0.4, 0.5) is 0 Å². The van der Waals surface area contributed by atoms with Gasteiger partial charge in [0.05, 0.1) is 0 Å². The molecular weight excluding hydrogens is 184 g/mol. The molecule has 0 radical (unpaired) electrons. The van der Waals surface area contributed by atoms with Gasteiger partial charge in [0.1, 0.15) is 0 Å². The molecule has 0 aliphatic heterocycles. The van der Waals surface area contributed by atoms with E-state index >= 15 is 0 Å². The van der Waals surface area contributed by atoms with E-state index in [9.17, 15) is 0 Å². The molecule has 0 saturated heterocycles. The Bertz CT molecular complexity index is 166. The van der Waals surface area contributed by atoms with Gasteiger partial charge >= 0.3 is 0 Å². The third-order valence-corrected chi connectivity index (χ3v) is 3.97. The fraction of sp³-hybridized carbons (Fsp3) is 1.00. The molecule has 0 spiro atoms. The van der Waals surface area contributed by atoms with Gasteiger partial charge in [-0.1, -0.05) is 20.3 Å². The minimum Gasteiger partial charge on any atom is -0.312 e. The zero-order valence-corrected chi connectivity index (χ0v) is 10.9. The summed E-state index contributed by atoms with van der Waals surface area (Å²) >= 11 is 0. The monoisotopic (exact) mass is 212 g/mol. The van der Waals surface area contributed by atoms with E-state index in [1.807, 2.05) is 0 Å². The van der Waals surface area contributed by atoms with Crippen LogP contribution in [0.1, 0.15) is 52.9 Å². The fourth-order valence-corrected chi connectivity index (χ4v) is 2.40. The van der Waals surface area contributed by atoms with E-state index in [0.717, 1.165) is 12.6 Å². The van der Waals surface area contributed by atoms with Crippen molar-refractivity contribution in [3.63, 3.8) is 0 Å². The van der Waals surface area contributed by atoms with Crippen molar-refractivity contribution in [2.45, 2.75) is 71.0 Å². The van der Waals surface area contributed by atoms with Crippen LogP contribution in [0.2, 0.25) is 0 Å². The Labute approximate surface area is 95.4 Å². The molecule has 2 nitrogen and oxygen atoms in total. The smallest absolute Gasteiger partial charge is 0.0220 e. The Morgan fingerprint density at radius 3 is 2.40 bits per heavy atom. The number of nitrogens with zero attached hydrogens (tertiary/aromatic N) is 1. The van der Waals surface area contributed by atoms with Crippen LogP contribution in [-0.2, 0) is 0 Å². The summed E-state index contributed by atoms with van der Waals surface area (Å²) < 4.78 is 0. The summed E-state index contributed by atoms with van der Waals surface area (Å²) in [5, 5.41) is 3.66. The van der Waals surface area contributed by atoms with Gasteiger partial charge in [-0.25, -0.2) is 0 Å². The summed E-state index contributed by atoms with van der Waals surface area (Å²) in [6.45, 7) is 8.05. The molecular formula is C13H28N2. The lowest BCUT2D eigenvalue weighted by Crippen LogP contribution is -2.52. The summed E-state index contributed by atoms with van der Waals surface area (Å²) in [5.41, 5.74) is 0. The first-order chi connectivity index (χ1) is 7.20. The third kappa shape index (κ3) is 3.46. The number of hydrogen-bond donors (Lipinski definition) is 1. The summed E-state index contributed by atoms with van der Waals surface area (Å²) in [5.74, 6) is 0. The molecule has 1 aliphatic carbocycles. The topological polar surface area (TPSA) is 15.3 Å². The van der Waals surface area contributed by atoms with Crippen LogP contribution in [-0.4, -0.2) is 36.6 Å². The zero-order valence-electron chi connectivity index (χ0n) is 10.9. The molecule has 0 aromatic rings. The minimum atomic E-state index is 0.663. The average Bonchev–Trinajstić information content (AvgIpc) is 2.16. The second-order valence-electron chi connectivity index (χ2n) is 4.96. The Morgan fingerprint density at radius 1 is 1.33 bits per heavy atom. The highest BCUT2D eigenvalue weighted by molar-refractivity contribution is 4.86. The largest absolute Gasteiger partial charge is 0.312 e. The van der Waals surface area contributed by atoms with Gasteiger partial charge < -0.3 is 5.32 Å². The quantitative estimate of drug-likeness (QED) is 0.698. The Hall–Kier alpha value is -0.0800. The molecule has 0 aromatic heterocycles. The van der Waals surface area contributed by atoms with Gasteiger partial charge in [0.15, 0.2) is 0 Å². The summed E-state index contributed by atoms with van der Waals surface area (Å²) in [7, 11) is 2.30. The van der Waals surface area contributed by atoms with E-state index < -0.39 is 0 Å². The lowest BCUT2D eigenvalue weighted by Gasteiger charge is -2.41. The van der Waals surface area contributed by atoms with Crippen LogP contribution < -0.4 is 5.32 Å². The van der Waals surface area contributed by atoms with Crippen LogP contribution in [0, 0.1) is 0 Å². The zero-order chi connectivity index (χ0) is 11.3. The number of rotatable bonds is 7. The van der Waals surface area contributed by atoms with Crippen LogP contribution >= 0.6 is 0 Å². The highest BCUT2D eigenvalue weighted by atomic mass is 15.2. The standard InChI is InChI=1S/C13H28N2/c1-5-10-14-13(6-2)11(3)15(4)12-8-7-9-12/h11-14H,5-10H2,1-4H3. The van der Waals surface area contributed by atoms with Crippen LogP contribution in [0.15, 0.2) is 0 Å². The van der Waals surface area contributed by atoms with Crippen molar-refractivity contribution in [1.29, 1.82) is 0 Å². The number of hydrogen-bond acceptors (Lipinski definition) is 2. The molecule has 1 aliphatic rings. The van der Waals surface area contributed by atoms with Gasteiger partial charge in [-0.15, -0.1) is 0 Å². The maximum atomic E-state index is 3.66. The van der Waals surface area contributed by atoms with Gasteiger partial charge in [-0.2, -0.15) is 0 Å². The molecule has 0 aromatic carbocycles. The van der Waals surface area contributed by atoms with E-state index in [1.165, 1.54) is 32.1 Å². The van der Waals surface area contributed by atoms with Crippen molar-refractivity contribution in [3.05, 3.63) is 0 Å². The molecule has 1 N–H and O–H groups in total. The van der Waals surface area contributed by atoms with Crippen molar-refractivity contribution in [1.82, 2.24) is 10.2 Å². The first-order valence-electron chi connectivity index (χ1n) is 6.66. The van der Waals surface area contributed by atoms with E-state index in [4.69, 9.17) is 0 Å². The molecule has 90 valence electrons. The second kappa shape index (κ2) is 6.49. The summed E-state index contributed by atoms with van der Waals surface area (Å²) in [4.78, 5) is 2.58. The van der Waals surface area contributed by atoms with E-state index in [1.54, 1.807) is 0 Å². The molecule has 2 atom stereocenters. The molecule has 0 bridgehead atoms. The predicted octanol–water partition coefficient (Wildman–Crippen LogP) is 2.64. The first-order valence-corrected chi connectivity index (χ1v) is 6.66. The van der Waals surface area contributed by atoms with Crippen molar-refractivity contribution < 1.29 is 0 Å². The molecule has 2 heteroatoms. The van der Waals surface area contributed by atoms with Gasteiger partial charge in [0.2, 0.25) is 0 Å². The Morgan fingerprint density at radius 2 is 2.00 bits per heavy atom. The van der Waals surface area contributed by atoms with Crippen molar-refractivity contribution in [2.75, 3.05) is 13.6 Å². The maximum Gasteiger partial charge on any atom is 0.0220 e. The average molecular weight is 212 g/mol. The highest BCUT2D eigenvalue weighted by Gasteiger charge is 2.28. The van der Waals surface area contributed by atoms with E-state index in [-0.39, 0.29) is 0 Å². The third-order valence-electron chi connectivity index (χ3n) is 3.97. The van der Waals surface area contributed by atoms with Gasteiger partial charge in [0, 0.05) is 18.1 Å². The lowest BCUT2D eigenvalue weighted by molar-refractivity contribution is 0.0950. The minimum absolute atomic E-state index is 0.663. The second-order valence-corrected chi connectivity index (χ2v) is 4.96. The Kier molecular flexibility index (Phi) is 5.62. The number of likely N-dealkylation sites (N-methyl/N-ethyl adjacent to an activating group) is 1. The molecule has 1 rings (SSSR count). The van der Waals surface area contributed by atoms with Crippen LogP contribution in [0.25, 0.3) is 0 Å². The van der Waals surface area contributed by atoms with Gasteiger partial charge in [0.25, 0.3) is 0 Å². The van der Waals surface area contributed by atoms with Gasteiger partial charge in [-0.3, -0.25) is 4.90 Å². The van der Waals surface area contributed by atoms with E-state index in [0.29, 0.717) is 12.1 Å². The molecule has 2 unspecified atom stereocenters. The molecule has 15 heavy (non-hydrogen) atoms. The predicted molar refractivity (Wildman–Crippen MR) is 67.2 cm³/mol. The first kappa shape index (κ1) is 13.0. The summed E-state index contributed by atoms with van der Waals surface area (Å²) in [6.07, 6.45) is 6.71. The molecule has 0 amide bonds. The SMILES string of the molecule is CCCNC(CC)C(C)N(C)C1CCC1. The van der Waals surface area contributed by atoms with E-state index in [2.05, 4.69) is 38.0 Å². The lowest BCUT2D eigenvalue weighted by atomic mass is 9.89. The molecule has 1 fully saturated rings. The highest BCUT2D eigenvalue weighted by Crippen LogP contribution is 2.26. The van der Waals surface area contributed by atoms with Gasteiger partial charge in [-0.05, 0) is 46.2 Å². The van der Waals surface area contributed by atoms with Crippen LogP contribution in [0.5, 0.6) is 0 Å². The normalized spacial score (nSPS) is 21.4. The van der Waals surface area contributed by atoms with Crippen molar-refractivity contribution in [2.24, 2.45) is 0 Å². The summed E-state index contributed by atoms with van der Waals surface area (Å²) in [6, 6.07) is 2.19. The Balaban J connectivity index is 2.36. The van der Waals surface area contributed by atoms with Crippen molar-refractivity contribution >= 4 is 0 Å². The number of nitrogens with one attached hydrogen (secondary N) is 1. The fourth-order valence-electron chi connectivity index (χ4n) is 2.40. The van der Waals surface area contributed by atoms with Crippen molar-refractivity contribution in [3.8, 4) is 0 Å². The molecule has 0 heterocycles.